The molecule has 0 fully saturated rings. The third-order valence-electron chi connectivity index (χ3n) is 2.87. The van der Waals surface area contributed by atoms with E-state index < -0.39 is 23.2 Å². The van der Waals surface area contributed by atoms with E-state index in [4.69, 9.17) is 0 Å². The summed E-state index contributed by atoms with van der Waals surface area (Å²) in [6.07, 6.45) is 17.9. The molecule has 0 amide bonds. The summed E-state index contributed by atoms with van der Waals surface area (Å²) in [6.45, 7) is 4.67. The SMILES string of the molecule is CCCC1=C[C](C)([Zr+2][C]2=CC=CC2)C=C1.[Cl-].[Cl-]. The van der Waals surface area contributed by atoms with Gasteiger partial charge in [0.15, 0.2) is 0 Å². The van der Waals surface area contributed by atoms with Crippen molar-refractivity contribution < 1.29 is 48.0 Å². The first-order valence-electron chi connectivity index (χ1n) is 5.77. The minimum Gasteiger partial charge on any atom is -1.00 e. The molecule has 1 atom stereocenters. The molecule has 2 aliphatic carbocycles. The van der Waals surface area contributed by atoms with E-state index >= 15 is 0 Å². The van der Waals surface area contributed by atoms with Gasteiger partial charge in [0, 0.05) is 0 Å². The van der Waals surface area contributed by atoms with Crippen LogP contribution in [0.4, 0.5) is 0 Å². The van der Waals surface area contributed by atoms with Gasteiger partial charge in [0.05, 0.1) is 0 Å². The van der Waals surface area contributed by atoms with Gasteiger partial charge in [-0.1, -0.05) is 0 Å². The van der Waals surface area contributed by atoms with Crippen LogP contribution in [0.15, 0.2) is 45.3 Å². The van der Waals surface area contributed by atoms with E-state index in [0.717, 1.165) is 0 Å². The van der Waals surface area contributed by atoms with Crippen molar-refractivity contribution in [1.29, 1.82) is 0 Å². The smallest absolute Gasteiger partial charge is 1.00 e. The Bertz CT molecular complexity index is 366. The van der Waals surface area contributed by atoms with Crippen molar-refractivity contribution in [3.05, 3.63) is 45.3 Å². The molecule has 1 unspecified atom stereocenters. The van der Waals surface area contributed by atoms with Gasteiger partial charge in [0.2, 0.25) is 0 Å². The molecule has 0 aromatic heterocycles. The molecule has 0 aromatic carbocycles. The zero-order valence-electron chi connectivity index (χ0n) is 10.3. The molecule has 0 radical (unpaired) electrons. The third kappa shape index (κ3) is 4.89. The molecule has 0 saturated heterocycles. The topological polar surface area (TPSA) is 0 Å². The van der Waals surface area contributed by atoms with E-state index in [9.17, 15) is 0 Å². The van der Waals surface area contributed by atoms with Crippen LogP contribution in [-0.2, 0) is 23.2 Å². The van der Waals surface area contributed by atoms with Crippen molar-refractivity contribution in [3.63, 3.8) is 0 Å². The minimum absolute atomic E-state index is 0. The number of hydrogen-bond acceptors (Lipinski definition) is 0. The Morgan fingerprint density at radius 3 is 2.71 bits per heavy atom. The fourth-order valence-corrected chi connectivity index (χ4v) is 5.89. The summed E-state index contributed by atoms with van der Waals surface area (Å²) in [5.74, 6) is 0. The average molecular weight is 348 g/mol. The monoisotopic (exact) mass is 346 g/mol. The Morgan fingerprint density at radius 1 is 1.35 bits per heavy atom. The molecular formula is C14H18Cl2Zr. The normalized spacial score (nSPS) is 24.6. The molecule has 2 aliphatic rings. The molecule has 2 rings (SSSR count). The van der Waals surface area contributed by atoms with Crippen molar-refractivity contribution >= 4 is 0 Å². The van der Waals surface area contributed by atoms with E-state index in [2.05, 4.69) is 50.3 Å². The molecule has 0 aromatic rings. The van der Waals surface area contributed by atoms with E-state index in [-0.39, 0.29) is 24.8 Å². The van der Waals surface area contributed by atoms with Crippen LogP contribution in [0, 0.1) is 0 Å². The zero-order valence-corrected chi connectivity index (χ0v) is 14.3. The molecule has 3 heteroatoms. The van der Waals surface area contributed by atoms with Crippen molar-refractivity contribution in [2.45, 2.75) is 36.2 Å². The maximum Gasteiger partial charge on any atom is -1.00 e. The van der Waals surface area contributed by atoms with Gasteiger partial charge < -0.3 is 24.8 Å². The van der Waals surface area contributed by atoms with Crippen molar-refractivity contribution in [2.75, 3.05) is 0 Å². The largest absolute Gasteiger partial charge is 1.00 e. The van der Waals surface area contributed by atoms with Gasteiger partial charge >= 0.3 is 105 Å². The Kier molecular flexibility index (Phi) is 7.96. The second-order valence-electron chi connectivity index (χ2n) is 4.53. The predicted molar refractivity (Wildman–Crippen MR) is 62.3 cm³/mol. The van der Waals surface area contributed by atoms with Gasteiger partial charge in [0.25, 0.3) is 0 Å². The predicted octanol–water partition coefficient (Wildman–Crippen LogP) is -1.60. The first kappa shape index (κ1) is 17.4. The van der Waals surface area contributed by atoms with Crippen LogP contribution in [-0.4, -0.2) is 0 Å². The van der Waals surface area contributed by atoms with Crippen LogP contribution in [0.5, 0.6) is 0 Å². The Morgan fingerprint density at radius 2 is 2.12 bits per heavy atom. The molecule has 17 heavy (non-hydrogen) atoms. The van der Waals surface area contributed by atoms with Gasteiger partial charge in [0.1, 0.15) is 0 Å². The summed E-state index contributed by atoms with van der Waals surface area (Å²) >= 11 is -0.444. The molecule has 0 saturated carbocycles. The Balaban J connectivity index is 0.00000128. The summed E-state index contributed by atoms with van der Waals surface area (Å²) < 4.78 is 2.19. The molecule has 0 N–H and O–H groups in total. The van der Waals surface area contributed by atoms with Crippen LogP contribution in [0.3, 0.4) is 0 Å². The third-order valence-corrected chi connectivity index (χ3v) is 6.66. The van der Waals surface area contributed by atoms with Crippen LogP contribution in [0.2, 0.25) is 3.12 Å². The Labute approximate surface area is 129 Å². The van der Waals surface area contributed by atoms with Gasteiger partial charge in [-0.2, -0.15) is 0 Å². The molecular weight excluding hydrogens is 330 g/mol. The quantitative estimate of drug-likeness (QED) is 0.574. The number of allylic oxidation sites excluding steroid dienone is 8. The summed E-state index contributed by atoms with van der Waals surface area (Å²) in [5.41, 5.74) is 1.56. The van der Waals surface area contributed by atoms with Gasteiger partial charge in [-0.3, -0.25) is 0 Å². The first-order valence-corrected chi connectivity index (χ1v) is 8.22. The van der Waals surface area contributed by atoms with Gasteiger partial charge in [-0.25, -0.2) is 0 Å². The van der Waals surface area contributed by atoms with Crippen molar-refractivity contribution in [3.8, 4) is 0 Å². The van der Waals surface area contributed by atoms with Gasteiger partial charge in [-0.15, -0.1) is 0 Å². The van der Waals surface area contributed by atoms with Crippen molar-refractivity contribution in [1.82, 2.24) is 0 Å². The molecule has 0 nitrogen and oxygen atoms in total. The van der Waals surface area contributed by atoms with Gasteiger partial charge in [-0.05, 0) is 0 Å². The number of halogens is 2. The summed E-state index contributed by atoms with van der Waals surface area (Å²) in [5, 5.41) is 0. The van der Waals surface area contributed by atoms with Crippen LogP contribution in [0.1, 0.15) is 33.1 Å². The van der Waals surface area contributed by atoms with Crippen LogP contribution in [0.25, 0.3) is 0 Å². The number of hydrogen-bond donors (Lipinski definition) is 0. The molecule has 0 bridgehead atoms. The number of rotatable bonds is 4. The molecule has 0 aliphatic heterocycles. The fourth-order valence-electron chi connectivity index (χ4n) is 2.17. The molecule has 92 valence electrons. The van der Waals surface area contributed by atoms with E-state index in [1.165, 1.54) is 19.3 Å². The summed E-state index contributed by atoms with van der Waals surface area (Å²) in [4.78, 5) is 0. The van der Waals surface area contributed by atoms with Crippen molar-refractivity contribution in [2.24, 2.45) is 0 Å². The van der Waals surface area contributed by atoms with E-state index in [1.807, 2.05) is 0 Å². The van der Waals surface area contributed by atoms with Crippen LogP contribution >= 0.6 is 0 Å². The standard InChI is InChI=1S/C9H13.C5H5.2ClH.Zr/c1-3-4-9-6-5-8(2)7-9;1-2-4-5-3-1;;;/h5-7H,3-4H2,1-2H3;1-3H,4H2;2*1H;/q;;;;+2/p-2. The minimum atomic E-state index is -0.444. The Hall–Kier alpha value is 0.423. The van der Waals surface area contributed by atoms with Crippen LogP contribution < -0.4 is 24.8 Å². The average Bonchev–Trinajstić information content (AvgIpc) is 2.78. The van der Waals surface area contributed by atoms with E-state index in [0.29, 0.717) is 3.12 Å². The molecule has 0 spiro atoms. The van der Waals surface area contributed by atoms with E-state index in [1.54, 1.807) is 8.85 Å². The molecule has 0 heterocycles. The second kappa shape index (κ2) is 7.77. The summed E-state index contributed by atoms with van der Waals surface area (Å²) in [6, 6.07) is 0. The maximum atomic E-state index is 2.53. The first-order chi connectivity index (χ1) is 7.22. The second-order valence-corrected chi connectivity index (χ2v) is 9.38. The fraction of sp³-hybridized carbons (Fsp3) is 0.429. The zero-order chi connectivity index (χ0) is 10.7. The maximum absolute atomic E-state index is 2.53. The summed E-state index contributed by atoms with van der Waals surface area (Å²) in [7, 11) is 0.